The Bertz CT molecular complexity index is 595. The van der Waals surface area contributed by atoms with Gasteiger partial charge in [-0.05, 0) is 43.5 Å². The molecule has 2 atom stereocenters. The third kappa shape index (κ3) is 2.62. The van der Waals surface area contributed by atoms with Crippen LogP contribution in [-0.2, 0) is 4.79 Å². The lowest BCUT2D eigenvalue weighted by Gasteiger charge is -2.28. The monoisotopic (exact) mass is 275 g/mol. The first-order chi connectivity index (χ1) is 9.24. The molecule has 5 heteroatoms. The van der Waals surface area contributed by atoms with E-state index < -0.39 is 0 Å². The van der Waals surface area contributed by atoms with E-state index in [0.717, 1.165) is 35.3 Å². The first kappa shape index (κ1) is 12.6. The molecule has 0 aliphatic carbocycles. The first-order valence-corrected chi connectivity index (χ1v) is 7.49. The van der Waals surface area contributed by atoms with Gasteiger partial charge in [0.1, 0.15) is 0 Å². The predicted octanol–water partition coefficient (Wildman–Crippen LogP) is 2.62. The van der Waals surface area contributed by atoms with Crippen molar-refractivity contribution < 1.29 is 4.79 Å². The number of carbonyl (C=O) groups is 1. The molecule has 1 saturated heterocycles. The largest absolute Gasteiger partial charge is 0.325 e. The van der Waals surface area contributed by atoms with Crippen LogP contribution in [0, 0.1) is 5.92 Å². The predicted molar refractivity (Wildman–Crippen MR) is 78.4 cm³/mol. The summed E-state index contributed by atoms with van der Waals surface area (Å²) < 4.78 is 1.10. The maximum Gasteiger partial charge on any atom is 0.241 e. The number of anilines is 1. The van der Waals surface area contributed by atoms with Gasteiger partial charge < -0.3 is 10.6 Å². The molecule has 2 N–H and O–H groups in total. The zero-order chi connectivity index (χ0) is 13.2. The fourth-order valence-corrected chi connectivity index (χ4v) is 3.27. The van der Waals surface area contributed by atoms with Gasteiger partial charge in [-0.1, -0.05) is 6.92 Å². The van der Waals surface area contributed by atoms with Gasteiger partial charge in [-0.25, -0.2) is 4.98 Å². The molecule has 2 unspecified atom stereocenters. The summed E-state index contributed by atoms with van der Waals surface area (Å²) in [4.78, 5) is 16.5. The summed E-state index contributed by atoms with van der Waals surface area (Å²) >= 11 is 1.59. The second-order valence-electron chi connectivity index (χ2n) is 5.08. The van der Waals surface area contributed by atoms with Crippen LogP contribution in [0.3, 0.4) is 0 Å². The Balaban J connectivity index is 1.74. The Morgan fingerprint density at radius 3 is 3.26 bits per heavy atom. The average Bonchev–Trinajstić information content (AvgIpc) is 2.86. The van der Waals surface area contributed by atoms with Crippen LogP contribution in [0.15, 0.2) is 23.7 Å². The number of thiazole rings is 1. The van der Waals surface area contributed by atoms with Crippen molar-refractivity contribution in [2.24, 2.45) is 5.92 Å². The van der Waals surface area contributed by atoms with E-state index >= 15 is 0 Å². The van der Waals surface area contributed by atoms with Crippen LogP contribution in [0.5, 0.6) is 0 Å². The van der Waals surface area contributed by atoms with Gasteiger partial charge in [-0.15, -0.1) is 11.3 Å². The van der Waals surface area contributed by atoms with Crippen molar-refractivity contribution in [2.75, 3.05) is 11.9 Å². The maximum absolute atomic E-state index is 12.3. The average molecular weight is 275 g/mol. The molecular formula is C14H17N3OS. The minimum absolute atomic E-state index is 0.0658. The normalized spacial score (nSPS) is 23.4. The summed E-state index contributed by atoms with van der Waals surface area (Å²) in [7, 11) is 0. The summed E-state index contributed by atoms with van der Waals surface area (Å²) in [5.41, 5.74) is 3.65. The molecule has 0 radical (unpaired) electrons. The molecule has 2 aromatic rings. The molecule has 2 heterocycles. The van der Waals surface area contributed by atoms with Gasteiger partial charge in [0.2, 0.25) is 5.91 Å². The molecular weight excluding hydrogens is 258 g/mol. The molecule has 0 saturated carbocycles. The van der Waals surface area contributed by atoms with Crippen molar-refractivity contribution in [1.82, 2.24) is 10.3 Å². The lowest BCUT2D eigenvalue weighted by Crippen LogP contribution is -2.48. The number of nitrogens with one attached hydrogen (secondary N) is 2. The lowest BCUT2D eigenvalue weighted by atomic mass is 9.92. The van der Waals surface area contributed by atoms with Crippen molar-refractivity contribution in [3.63, 3.8) is 0 Å². The Morgan fingerprint density at radius 2 is 2.42 bits per heavy atom. The molecule has 1 amide bonds. The standard InChI is InChI=1S/C14H17N3OS/c1-9-3-2-6-15-13(9)14(18)17-10-4-5-11-12(7-10)19-8-16-11/h4-5,7-9,13,15H,2-3,6H2,1H3,(H,17,18). The molecule has 1 aliphatic rings. The molecule has 1 aliphatic heterocycles. The SMILES string of the molecule is CC1CCCNC1C(=O)Nc1ccc2ncsc2c1. The van der Waals surface area contributed by atoms with Crippen LogP contribution in [0.25, 0.3) is 10.2 Å². The lowest BCUT2D eigenvalue weighted by molar-refractivity contribution is -0.119. The number of benzene rings is 1. The van der Waals surface area contributed by atoms with Gasteiger partial charge in [-0.3, -0.25) is 4.79 Å². The van der Waals surface area contributed by atoms with Gasteiger partial charge in [0.15, 0.2) is 0 Å². The Kier molecular flexibility index (Phi) is 3.48. The van der Waals surface area contributed by atoms with Gasteiger partial charge in [0.05, 0.1) is 21.8 Å². The highest BCUT2D eigenvalue weighted by atomic mass is 32.1. The van der Waals surface area contributed by atoms with E-state index in [2.05, 4.69) is 22.5 Å². The van der Waals surface area contributed by atoms with Gasteiger partial charge in [-0.2, -0.15) is 0 Å². The minimum Gasteiger partial charge on any atom is -0.325 e. The summed E-state index contributed by atoms with van der Waals surface area (Å²) in [5, 5.41) is 6.30. The maximum atomic E-state index is 12.3. The first-order valence-electron chi connectivity index (χ1n) is 6.61. The van der Waals surface area contributed by atoms with E-state index in [9.17, 15) is 4.79 Å². The van der Waals surface area contributed by atoms with E-state index in [4.69, 9.17) is 0 Å². The number of nitrogens with zero attached hydrogens (tertiary/aromatic N) is 1. The van der Waals surface area contributed by atoms with E-state index in [0.29, 0.717) is 5.92 Å². The summed E-state index contributed by atoms with van der Waals surface area (Å²) in [5.74, 6) is 0.456. The number of rotatable bonds is 2. The number of fused-ring (bicyclic) bond motifs is 1. The van der Waals surface area contributed by atoms with E-state index in [1.807, 2.05) is 23.7 Å². The number of amides is 1. The highest BCUT2D eigenvalue weighted by Crippen LogP contribution is 2.23. The molecule has 0 spiro atoms. The highest BCUT2D eigenvalue weighted by molar-refractivity contribution is 7.16. The van der Waals surface area contributed by atoms with Gasteiger partial charge in [0.25, 0.3) is 0 Å². The fourth-order valence-electron chi connectivity index (χ4n) is 2.55. The van der Waals surface area contributed by atoms with Crippen LogP contribution in [0.4, 0.5) is 5.69 Å². The molecule has 1 fully saturated rings. The minimum atomic E-state index is -0.0779. The third-order valence-corrected chi connectivity index (χ3v) is 4.44. The number of carbonyl (C=O) groups excluding carboxylic acids is 1. The number of hydrogen-bond acceptors (Lipinski definition) is 4. The second-order valence-corrected chi connectivity index (χ2v) is 5.96. The van der Waals surface area contributed by atoms with Crippen molar-refractivity contribution in [3.05, 3.63) is 23.7 Å². The van der Waals surface area contributed by atoms with Crippen molar-refractivity contribution >= 4 is 33.1 Å². The van der Waals surface area contributed by atoms with Crippen LogP contribution in [0.2, 0.25) is 0 Å². The van der Waals surface area contributed by atoms with Crippen LogP contribution in [-0.4, -0.2) is 23.5 Å². The number of aromatic nitrogens is 1. The number of piperidine rings is 1. The Labute approximate surface area is 116 Å². The molecule has 3 rings (SSSR count). The molecule has 19 heavy (non-hydrogen) atoms. The second kappa shape index (κ2) is 5.27. The van der Waals surface area contributed by atoms with Gasteiger partial charge in [0, 0.05) is 5.69 Å². The van der Waals surface area contributed by atoms with Crippen molar-refractivity contribution in [2.45, 2.75) is 25.8 Å². The summed E-state index contributed by atoms with van der Waals surface area (Å²) in [6, 6.07) is 5.76. The van der Waals surface area contributed by atoms with E-state index in [1.165, 1.54) is 0 Å². The van der Waals surface area contributed by atoms with Crippen molar-refractivity contribution in [3.8, 4) is 0 Å². The molecule has 1 aromatic heterocycles. The molecule has 4 nitrogen and oxygen atoms in total. The zero-order valence-corrected chi connectivity index (χ0v) is 11.7. The van der Waals surface area contributed by atoms with Crippen LogP contribution >= 0.6 is 11.3 Å². The highest BCUT2D eigenvalue weighted by Gasteiger charge is 2.27. The fraction of sp³-hybridized carbons (Fsp3) is 0.429. The van der Waals surface area contributed by atoms with Gasteiger partial charge >= 0.3 is 0 Å². The summed E-state index contributed by atoms with van der Waals surface area (Å²) in [6.07, 6.45) is 2.26. The topological polar surface area (TPSA) is 54.0 Å². The summed E-state index contributed by atoms with van der Waals surface area (Å²) in [6.45, 7) is 3.05. The quantitative estimate of drug-likeness (QED) is 0.886. The van der Waals surface area contributed by atoms with Crippen LogP contribution in [0.1, 0.15) is 19.8 Å². The molecule has 100 valence electrons. The zero-order valence-electron chi connectivity index (χ0n) is 10.8. The molecule has 1 aromatic carbocycles. The van der Waals surface area contributed by atoms with Crippen molar-refractivity contribution in [1.29, 1.82) is 0 Å². The third-order valence-electron chi connectivity index (χ3n) is 3.65. The smallest absolute Gasteiger partial charge is 0.241 e. The Morgan fingerprint density at radius 1 is 1.53 bits per heavy atom. The van der Waals surface area contributed by atoms with Crippen LogP contribution < -0.4 is 10.6 Å². The number of hydrogen-bond donors (Lipinski definition) is 2. The molecule has 0 bridgehead atoms. The van der Waals surface area contributed by atoms with E-state index in [1.54, 1.807) is 11.3 Å². The Hall–Kier alpha value is -1.46. The van der Waals surface area contributed by atoms with E-state index in [-0.39, 0.29) is 11.9 Å².